The van der Waals surface area contributed by atoms with Crippen LogP contribution in [0.4, 0.5) is 0 Å². The number of hydrogen-bond acceptors (Lipinski definition) is 3. The lowest BCUT2D eigenvalue weighted by Crippen LogP contribution is -1.97. The van der Waals surface area contributed by atoms with Crippen molar-refractivity contribution in [3.05, 3.63) is 47.3 Å². The highest BCUT2D eigenvalue weighted by molar-refractivity contribution is 7.98. The second-order valence-electron chi connectivity index (χ2n) is 4.02. The maximum Gasteiger partial charge on any atom is 0.335 e. The Hall–Kier alpha value is -1.75. The fraction of sp³-hybridized carbons (Fsp3) is 0.231. The number of carbonyl (C=O) groups is 1. The van der Waals surface area contributed by atoms with Gasteiger partial charge in [0.2, 0.25) is 0 Å². The molecule has 5 heteroatoms. The monoisotopic (exact) mass is 262 g/mol. The summed E-state index contributed by atoms with van der Waals surface area (Å²) in [7, 11) is 1.91. The number of aromatic nitrogens is 2. The summed E-state index contributed by atoms with van der Waals surface area (Å²) in [5.41, 5.74) is 2.44. The van der Waals surface area contributed by atoms with Gasteiger partial charge in [0.05, 0.1) is 11.3 Å². The number of carboxylic acid groups (broad SMARTS) is 1. The quantitative estimate of drug-likeness (QED) is 0.861. The summed E-state index contributed by atoms with van der Waals surface area (Å²) in [6, 6.07) is 9.01. The van der Waals surface area contributed by atoms with Crippen LogP contribution in [-0.4, -0.2) is 20.9 Å². The van der Waals surface area contributed by atoms with E-state index in [0.717, 1.165) is 22.0 Å². The Bertz CT molecular complexity index is 578. The highest BCUT2D eigenvalue weighted by Gasteiger charge is 2.06. The first-order valence-corrected chi connectivity index (χ1v) is 6.50. The summed E-state index contributed by atoms with van der Waals surface area (Å²) in [4.78, 5) is 11.8. The van der Waals surface area contributed by atoms with E-state index in [4.69, 9.17) is 5.11 Å². The van der Waals surface area contributed by atoms with E-state index in [0.29, 0.717) is 5.56 Å². The Morgan fingerprint density at radius 2 is 2.22 bits per heavy atom. The molecule has 0 aliphatic heterocycles. The first-order chi connectivity index (χ1) is 8.56. The molecule has 1 heterocycles. The van der Waals surface area contributed by atoms with E-state index in [9.17, 15) is 4.79 Å². The number of thioether (sulfide) groups is 1. The molecular formula is C13H14N2O2S. The molecule has 0 unspecified atom stereocenters. The molecule has 1 aromatic carbocycles. The van der Waals surface area contributed by atoms with Crippen LogP contribution in [0.25, 0.3) is 0 Å². The summed E-state index contributed by atoms with van der Waals surface area (Å²) in [5, 5.41) is 13.2. The number of hydrogen-bond donors (Lipinski definition) is 1. The van der Waals surface area contributed by atoms with Crippen molar-refractivity contribution in [1.82, 2.24) is 9.78 Å². The second kappa shape index (κ2) is 5.27. The molecular weight excluding hydrogens is 248 g/mol. The van der Waals surface area contributed by atoms with Gasteiger partial charge in [-0.1, -0.05) is 6.07 Å². The zero-order chi connectivity index (χ0) is 13.1. The van der Waals surface area contributed by atoms with Crippen molar-refractivity contribution in [2.45, 2.75) is 17.6 Å². The molecule has 0 aliphatic carbocycles. The van der Waals surface area contributed by atoms with E-state index in [-0.39, 0.29) is 0 Å². The van der Waals surface area contributed by atoms with Crippen molar-refractivity contribution in [2.75, 3.05) is 0 Å². The van der Waals surface area contributed by atoms with Crippen LogP contribution in [0.15, 0.2) is 35.2 Å². The van der Waals surface area contributed by atoms with E-state index in [1.165, 1.54) is 0 Å². The smallest absolute Gasteiger partial charge is 0.335 e. The molecule has 94 valence electrons. The van der Waals surface area contributed by atoms with Crippen LogP contribution in [-0.2, 0) is 12.8 Å². The molecule has 0 amide bonds. The summed E-state index contributed by atoms with van der Waals surface area (Å²) < 4.78 is 1.85. The van der Waals surface area contributed by atoms with Crippen molar-refractivity contribution < 1.29 is 9.90 Å². The van der Waals surface area contributed by atoms with E-state index in [1.54, 1.807) is 30.0 Å². The van der Waals surface area contributed by atoms with Gasteiger partial charge in [-0.15, -0.1) is 11.8 Å². The van der Waals surface area contributed by atoms with Crippen LogP contribution < -0.4 is 0 Å². The lowest BCUT2D eigenvalue weighted by Gasteiger charge is -2.03. The molecule has 0 saturated heterocycles. The van der Waals surface area contributed by atoms with Crippen molar-refractivity contribution in [1.29, 1.82) is 0 Å². The SMILES string of the molecule is Cc1cc(CSc2cccc(C(=O)O)c2)n(C)n1. The lowest BCUT2D eigenvalue weighted by molar-refractivity contribution is 0.0696. The van der Waals surface area contributed by atoms with Gasteiger partial charge in [0.15, 0.2) is 0 Å². The van der Waals surface area contributed by atoms with Crippen LogP contribution in [0, 0.1) is 6.92 Å². The average Bonchev–Trinajstić information content (AvgIpc) is 2.65. The fourth-order valence-corrected chi connectivity index (χ4v) is 2.65. The van der Waals surface area contributed by atoms with Crippen LogP contribution >= 0.6 is 11.8 Å². The molecule has 18 heavy (non-hydrogen) atoms. The third-order valence-corrected chi connectivity index (χ3v) is 3.59. The van der Waals surface area contributed by atoms with Crippen molar-refractivity contribution in [3.8, 4) is 0 Å². The minimum absolute atomic E-state index is 0.321. The Labute approximate surface area is 110 Å². The molecule has 0 atom stereocenters. The molecule has 4 nitrogen and oxygen atoms in total. The molecule has 0 fully saturated rings. The first kappa shape index (κ1) is 12.7. The maximum atomic E-state index is 10.9. The third-order valence-electron chi connectivity index (χ3n) is 2.57. The molecule has 2 rings (SSSR count). The van der Waals surface area contributed by atoms with Crippen LogP contribution in [0.1, 0.15) is 21.7 Å². The standard InChI is InChI=1S/C13H14N2O2S/c1-9-6-11(15(2)14-9)8-18-12-5-3-4-10(7-12)13(16)17/h3-7H,8H2,1-2H3,(H,16,17). The Kier molecular flexibility index (Phi) is 3.72. The van der Waals surface area contributed by atoms with Gasteiger partial charge < -0.3 is 5.11 Å². The van der Waals surface area contributed by atoms with Crippen LogP contribution in [0.5, 0.6) is 0 Å². The van der Waals surface area contributed by atoms with E-state index >= 15 is 0 Å². The minimum Gasteiger partial charge on any atom is -0.478 e. The molecule has 0 radical (unpaired) electrons. The van der Waals surface area contributed by atoms with Gasteiger partial charge >= 0.3 is 5.97 Å². The number of rotatable bonds is 4. The maximum absolute atomic E-state index is 10.9. The minimum atomic E-state index is -0.895. The summed E-state index contributed by atoms with van der Waals surface area (Å²) >= 11 is 1.61. The molecule has 0 spiro atoms. The molecule has 1 N–H and O–H groups in total. The topological polar surface area (TPSA) is 55.1 Å². The molecule has 0 aliphatic rings. The predicted octanol–water partition coefficient (Wildman–Crippen LogP) is 2.72. The largest absolute Gasteiger partial charge is 0.478 e. The van der Waals surface area contributed by atoms with Crippen LogP contribution in [0.2, 0.25) is 0 Å². The predicted molar refractivity (Wildman–Crippen MR) is 70.9 cm³/mol. The Morgan fingerprint density at radius 3 is 2.83 bits per heavy atom. The summed E-state index contributed by atoms with van der Waals surface area (Å²) in [6.45, 7) is 1.96. The summed E-state index contributed by atoms with van der Waals surface area (Å²) in [5.74, 6) is -0.116. The van der Waals surface area contributed by atoms with Crippen molar-refractivity contribution in [2.24, 2.45) is 7.05 Å². The number of aromatic carboxylic acids is 1. The van der Waals surface area contributed by atoms with E-state index in [1.807, 2.05) is 30.8 Å². The normalized spacial score (nSPS) is 10.6. The highest BCUT2D eigenvalue weighted by Crippen LogP contribution is 2.23. The Balaban J connectivity index is 2.08. The van der Waals surface area contributed by atoms with Gasteiger partial charge in [-0.05, 0) is 31.2 Å². The zero-order valence-electron chi connectivity index (χ0n) is 10.3. The molecule has 1 aromatic heterocycles. The van der Waals surface area contributed by atoms with Gasteiger partial charge in [0.1, 0.15) is 0 Å². The fourth-order valence-electron chi connectivity index (χ4n) is 1.68. The second-order valence-corrected chi connectivity index (χ2v) is 5.07. The van der Waals surface area contributed by atoms with Gasteiger partial charge in [0, 0.05) is 23.4 Å². The number of carboxylic acids is 1. The van der Waals surface area contributed by atoms with E-state index < -0.39 is 5.97 Å². The number of benzene rings is 1. The first-order valence-electron chi connectivity index (χ1n) is 5.52. The highest BCUT2D eigenvalue weighted by atomic mass is 32.2. The number of nitrogens with zero attached hydrogens (tertiary/aromatic N) is 2. The van der Waals surface area contributed by atoms with Gasteiger partial charge in [0.25, 0.3) is 0 Å². The van der Waals surface area contributed by atoms with E-state index in [2.05, 4.69) is 5.10 Å². The lowest BCUT2D eigenvalue weighted by atomic mass is 10.2. The van der Waals surface area contributed by atoms with Gasteiger partial charge in [-0.3, -0.25) is 4.68 Å². The molecule has 0 saturated carbocycles. The molecule has 2 aromatic rings. The summed E-state index contributed by atoms with van der Waals surface area (Å²) in [6.07, 6.45) is 0. The van der Waals surface area contributed by atoms with Crippen molar-refractivity contribution >= 4 is 17.7 Å². The third kappa shape index (κ3) is 2.92. The zero-order valence-corrected chi connectivity index (χ0v) is 11.1. The number of aryl methyl sites for hydroxylation is 2. The van der Waals surface area contributed by atoms with Gasteiger partial charge in [-0.25, -0.2) is 4.79 Å². The average molecular weight is 262 g/mol. The van der Waals surface area contributed by atoms with Crippen molar-refractivity contribution in [3.63, 3.8) is 0 Å². The van der Waals surface area contributed by atoms with Gasteiger partial charge in [-0.2, -0.15) is 5.10 Å². The Morgan fingerprint density at radius 1 is 1.44 bits per heavy atom. The molecule has 0 bridgehead atoms. The van der Waals surface area contributed by atoms with Crippen LogP contribution in [0.3, 0.4) is 0 Å².